The Morgan fingerprint density at radius 3 is 2.59 bits per heavy atom. The van der Waals surface area contributed by atoms with Crippen molar-refractivity contribution in [3.05, 3.63) is 70.9 Å². The Balaban J connectivity index is 1.61. The van der Waals surface area contributed by atoms with Crippen molar-refractivity contribution in [1.29, 1.82) is 0 Å². The van der Waals surface area contributed by atoms with E-state index in [9.17, 15) is 9.59 Å². The number of aromatic amines is 1. The van der Waals surface area contributed by atoms with Crippen LogP contribution in [0.3, 0.4) is 0 Å². The molecular formula is C22H24ClN3O3. The Labute approximate surface area is 174 Å². The van der Waals surface area contributed by atoms with Gasteiger partial charge in [-0.1, -0.05) is 41.9 Å². The second kappa shape index (κ2) is 9.58. The summed E-state index contributed by atoms with van der Waals surface area (Å²) in [4.78, 5) is 27.8. The first-order valence-electron chi connectivity index (χ1n) is 9.39. The van der Waals surface area contributed by atoms with Crippen LogP contribution in [0, 0.1) is 0 Å². The zero-order chi connectivity index (χ0) is 20.8. The third-order valence-electron chi connectivity index (χ3n) is 4.86. The van der Waals surface area contributed by atoms with Gasteiger partial charge in [0, 0.05) is 34.6 Å². The number of esters is 1. The standard InChI is InChI=1S/C22H24ClN3O3/c1-14(15-7-9-17(23)10-8-15)24-13-21(27)26-20(22(28)29-2)11-16-12-25-19-6-4-3-5-18(16)19/h3-10,12,14,20,24-25H,11,13H2,1-2H3,(H,26,27)/t14-,20+/m1/s1. The lowest BCUT2D eigenvalue weighted by atomic mass is 10.0. The number of methoxy groups -OCH3 is 1. The minimum Gasteiger partial charge on any atom is -0.467 e. The Kier molecular flexibility index (Phi) is 6.90. The van der Waals surface area contributed by atoms with Crippen LogP contribution in [-0.2, 0) is 20.7 Å². The van der Waals surface area contributed by atoms with Gasteiger partial charge in [0.25, 0.3) is 0 Å². The maximum absolute atomic E-state index is 12.4. The molecule has 0 spiro atoms. The van der Waals surface area contributed by atoms with E-state index in [2.05, 4.69) is 15.6 Å². The molecule has 1 aromatic heterocycles. The van der Waals surface area contributed by atoms with Crippen molar-refractivity contribution < 1.29 is 14.3 Å². The molecule has 152 valence electrons. The van der Waals surface area contributed by atoms with Crippen LogP contribution in [0.15, 0.2) is 54.7 Å². The molecule has 1 heterocycles. The molecule has 6 nitrogen and oxygen atoms in total. The van der Waals surface area contributed by atoms with E-state index in [0.29, 0.717) is 11.4 Å². The lowest BCUT2D eigenvalue weighted by Crippen LogP contribution is -2.46. The summed E-state index contributed by atoms with van der Waals surface area (Å²) in [6.07, 6.45) is 2.20. The van der Waals surface area contributed by atoms with Gasteiger partial charge in [-0.15, -0.1) is 0 Å². The molecular weight excluding hydrogens is 390 g/mol. The molecule has 2 aromatic carbocycles. The van der Waals surface area contributed by atoms with Gasteiger partial charge in [-0.05, 0) is 36.2 Å². The van der Waals surface area contributed by atoms with Gasteiger partial charge in [-0.2, -0.15) is 0 Å². The molecule has 0 saturated heterocycles. The van der Waals surface area contributed by atoms with Gasteiger partial charge in [0.2, 0.25) is 5.91 Å². The van der Waals surface area contributed by atoms with E-state index in [1.807, 2.05) is 61.7 Å². The SMILES string of the molecule is COC(=O)[C@H](Cc1c[nH]c2ccccc12)NC(=O)CN[C@H](C)c1ccc(Cl)cc1. The highest BCUT2D eigenvalue weighted by atomic mass is 35.5. The number of nitrogens with one attached hydrogen (secondary N) is 3. The summed E-state index contributed by atoms with van der Waals surface area (Å²) in [7, 11) is 1.32. The van der Waals surface area contributed by atoms with Crippen molar-refractivity contribution in [1.82, 2.24) is 15.6 Å². The minimum atomic E-state index is -0.764. The maximum atomic E-state index is 12.4. The lowest BCUT2D eigenvalue weighted by molar-refractivity contribution is -0.144. The Hall–Kier alpha value is -2.83. The summed E-state index contributed by atoms with van der Waals surface area (Å²) in [5.74, 6) is -0.754. The Bertz CT molecular complexity index is 984. The summed E-state index contributed by atoms with van der Waals surface area (Å²) < 4.78 is 4.88. The van der Waals surface area contributed by atoms with E-state index in [4.69, 9.17) is 16.3 Å². The number of amides is 1. The van der Waals surface area contributed by atoms with Crippen LogP contribution in [-0.4, -0.2) is 36.6 Å². The van der Waals surface area contributed by atoms with Crippen molar-refractivity contribution in [3.8, 4) is 0 Å². The fraction of sp³-hybridized carbons (Fsp3) is 0.273. The van der Waals surface area contributed by atoms with Crippen LogP contribution < -0.4 is 10.6 Å². The summed E-state index contributed by atoms with van der Waals surface area (Å²) in [6, 6.07) is 14.5. The van der Waals surface area contributed by atoms with Gasteiger partial charge in [-0.25, -0.2) is 4.79 Å². The molecule has 0 saturated carbocycles. The number of hydrogen-bond donors (Lipinski definition) is 3. The van der Waals surface area contributed by atoms with Crippen LogP contribution in [0.4, 0.5) is 0 Å². The van der Waals surface area contributed by atoms with E-state index in [1.165, 1.54) is 7.11 Å². The number of benzene rings is 2. The van der Waals surface area contributed by atoms with Gasteiger partial charge in [0.15, 0.2) is 0 Å². The Morgan fingerprint density at radius 2 is 1.86 bits per heavy atom. The largest absolute Gasteiger partial charge is 0.467 e. The van der Waals surface area contributed by atoms with Gasteiger partial charge in [0.05, 0.1) is 13.7 Å². The number of fused-ring (bicyclic) bond motifs is 1. The monoisotopic (exact) mass is 413 g/mol. The Morgan fingerprint density at radius 1 is 1.14 bits per heavy atom. The van der Waals surface area contributed by atoms with Gasteiger partial charge in [0.1, 0.15) is 6.04 Å². The van der Waals surface area contributed by atoms with Crippen LogP contribution in [0.25, 0.3) is 10.9 Å². The predicted octanol–water partition coefficient (Wildman–Crippen LogP) is 3.37. The molecule has 0 aliphatic carbocycles. The van der Waals surface area contributed by atoms with Crippen molar-refractivity contribution in [2.24, 2.45) is 0 Å². The van der Waals surface area contributed by atoms with Gasteiger partial charge >= 0.3 is 5.97 Å². The molecule has 3 aromatic rings. The number of aromatic nitrogens is 1. The first-order valence-corrected chi connectivity index (χ1v) is 9.76. The third-order valence-corrected chi connectivity index (χ3v) is 5.11. The number of hydrogen-bond acceptors (Lipinski definition) is 4. The first kappa shape index (κ1) is 20.9. The number of H-pyrrole nitrogens is 1. The smallest absolute Gasteiger partial charge is 0.328 e. The highest BCUT2D eigenvalue weighted by Crippen LogP contribution is 2.19. The summed E-state index contributed by atoms with van der Waals surface area (Å²) >= 11 is 5.91. The number of ether oxygens (including phenoxy) is 1. The maximum Gasteiger partial charge on any atom is 0.328 e. The van der Waals surface area contributed by atoms with Crippen molar-refractivity contribution in [2.75, 3.05) is 13.7 Å². The molecule has 7 heteroatoms. The molecule has 29 heavy (non-hydrogen) atoms. The number of carbonyl (C=O) groups excluding carboxylic acids is 2. The molecule has 0 aliphatic heterocycles. The minimum absolute atomic E-state index is 0.0387. The van der Waals surface area contributed by atoms with E-state index in [1.54, 1.807) is 0 Å². The molecule has 0 bridgehead atoms. The molecule has 0 fully saturated rings. The molecule has 3 N–H and O–H groups in total. The summed E-state index contributed by atoms with van der Waals surface area (Å²) in [5, 5.41) is 7.61. The predicted molar refractivity (Wildman–Crippen MR) is 114 cm³/mol. The average Bonchev–Trinajstić information content (AvgIpc) is 3.14. The third kappa shape index (κ3) is 5.37. The topological polar surface area (TPSA) is 83.2 Å². The summed E-state index contributed by atoms with van der Waals surface area (Å²) in [5.41, 5.74) is 2.94. The van der Waals surface area contributed by atoms with Crippen molar-refractivity contribution >= 4 is 34.4 Å². The normalized spacial score (nSPS) is 13.1. The highest BCUT2D eigenvalue weighted by Gasteiger charge is 2.23. The van der Waals surface area contributed by atoms with Crippen LogP contribution >= 0.6 is 11.6 Å². The number of rotatable bonds is 8. The zero-order valence-corrected chi connectivity index (χ0v) is 17.1. The van der Waals surface area contributed by atoms with Crippen molar-refractivity contribution in [2.45, 2.75) is 25.4 Å². The van der Waals surface area contributed by atoms with E-state index in [0.717, 1.165) is 22.0 Å². The molecule has 2 atom stereocenters. The zero-order valence-electron chi connectivity index (χ0n) is 16.4. The molecule has 1 amide bonds. The van der Waals surface area contributed by atoms with Gasteiger partial charge < -0.3 is 20.4 Å². The fourth-order valence-corrected chi connectivity index (χ4v) is 3.34. The second-order valence-corrected chi connectivity index (χ2v) is 7.30. The fourth-order valence-electron chi connectivity index (χ4n) is 3.22. The summed E-state index contributed by atoms with van der Waals surface area (Å²) in [6.45, 7) is 2.03. The average molecular weight is 414 g/mol. The van der Waals surface area contributed by atoms with E-state index in [-0.39, 0.29) is 18.5 Å². The number of carbonyl (C=O) groups is 2. The molecule has 3 rings (SSSR count). The molecule has 0 aliphatic rings. The molecule has 0 unspecified atom stereocenters. The lowest BCUT2D eigenvalue weighted by Gasteiger charge is -2.18. The van der Waals surface area contributed by atoms with E-state index >= 15 is 0 Å². The second-order valence-electron chi connectivity index (χ2n) is 6.86. The number of para-hydroxylation sites is 1. The molecule has 0 radical (unpaired) electrons. The van der Waals surface area contributed by atoms with Gasteiger partial charge in [-0.3, -0.25) is 4.79 Å². The van der Waals surface area contributed by atoms with Crippen LogP contribution in [0.2, 0.25) is 5.02 Å². The van der Waals surface area contributed by atoms with Crippen molar-refractivity contribution in [3.63, 3.8) is 0 Å². The first-order chi connectivity index (χ1) is 14.0. The van der Waals surface area contributed by atoms with Crippen LogP contribution in [0.1, 0.15) is 24.1 Å². The van der Waals surface area contributed by atoms with E-state index < -0.39 is 12.0 Å². The number of halogens is 1. The quantitative estimate of drug-likeness (QED) is 0.494. The highest BCUT2D eigenvalue weighted by molar-refractivity contribution is 6.30. The van der Waals surface area contributed by atoms with Crippen LogP contribution in [0.5, 0.6) is 0 Å².